The van der Waals surface area contributed by atoms with Crippen molar-refractivity contribution in [2.24, 2.45) is 23.7 Å². The molecule has 110 valence electrons. The fourth-order valence-electron chi connectivity index (χ4n) is 5.48. The molecule has 0 amide bonds. The van der Waals surface area contributed by atoms with E-state index in [0.717, 1.165) is 17.7 Å². The van der Waals surface area contributed by atoms with E-state index in [-0.39, 0.29) is 5.56 Å². The second-order valence-electron chi connectivity index (χ2n) is 7.21. The van der Waals surface area contributed by atoms with Gasteiger partial charge in [-0.2, -0.15) is 0 Å². The maximum atomic E-state index is 11.9. The van der Waals surface area contributed by atoms with Gasteiger partial charge in [-0.1, -0.05) is 0 Å². The highest BCUT2D eigenvalue weighted by Crippen LogP contribution is 2.59. The van der Waals surface area contributed by atoms with Gasteiger partial charge in [0.2, 0.25) is 0 Å². The predicted molar refractivity (Wildman–Crippen MR) is 77.1 cm³/mol. The van der Waals surface area contributed by atoms with Crippen LogP contribution in [0.5, 0.6) is 0 Å². The number of hydrogen-bond acceptors (Lipinski definition) is 3. The van der Waals surface area contributed by atoms with Crippen molar-refractivity contribution in [3.05, 3.63) is 26.7 Å². The van der Waals surface area contributed by atoms with E-state index in [4.69, 9.17) is 0 Å². The van der Waals surface area contributed by atoms with Gasteiger partial charge in [-0.05, 0) is 55.8 Å². The van der Waals surface area contributed by atoms with E-state index < -0.39 is 5.69 Å². The van der Waals surface area contributed by atoms with Crippen molar-refractivity contribution in [2.45, 2.75) is 38.0 Å². The third kappa shape index (κ3) is 1.61. The van der Waals surface area contributed by atoms with Crippen LogP contribution in [0.2, 0.25) is 0 Å². The molecule has 4 fully saturated rings. The molecule has 6 heteroatoms. The Morgan fingerprint density at radius 1 is 0.857 bits per heavy atom. The maximum absolute atomic E-state index is 11.9. The van der Waals surface area contributed by atoms with E-state index in [2.05, 4.69) is 19.9 Å². The Bertz CT molecular complexity index is 802. The van der Waals surface area contributed by atoms with Gasteiger partial charge >= 0.3 is 5.69 Å². The summed E-state index contributed by atoms with van der Waals surface area (Å²) in [5.74, 6) is 4.58. The highest BCUT2D eigenvalue weighted by Gasteiger charge is 2.49. The first-order valence-electron chi connectivity index (χ1n) is 7.89. The summed E-state index contributed by atoms with van der Waals surface area (Å²) in [5.41, 5.74) is -0.0714. The quantitative estimate of drug-likeness (QED) is 0.741. The number of H-pyrrole nitrogens is 3. The molecule has 0 unspecified atom stereocenters. The standard InChI is InChI=1S/C15H18N4O2/c20-14-11-13(18-15(21)19-14)17-12(16-11)10-8-2-6-1-7(4-8)5-9(10)3-6/h6-10H,1-5H2,(H3,16,17,18,19,20,21). The SMILES string of the molecule is O=c1[nH]c(=O)c2[nH]c(C3C4CC5CC(C4)CC3C5)nc2[nH]1. The summed E-state index contributed by atoms with van der Waals surface area (Å²) in [4.78, 5) is 35.8. The summed E-state index contributed by atoms with van der Waals surface area (Å²) >= 11 is 0. The Kier molecular flexibility index (Phi) is 2.17. The van der Waals surface area contributed by atoms with Gasteiger partial charge in [-0.25, -0.2) is 9.78 Å². The first-order valence-corrected chi connectivity index (χ1v) is 7.89. The van der Waals surface area contributed by atoms with E-state index in [9.17, 15) is 9.59 Å². The molecule has 2 aromatic rings. The van der Waals surface area contributed by atoms with Crippen LogP contribution in [0.1, 0.15) is 43.8 Å². The zero-order valence-electron chi connectivity index (χ0n) is 11.7. The average molecular weight is 286 g/mol. The molecule has 4 saturated carbocycles. The first kappa shape index (κ1) is 11.8. The minimum absolute atomic E-state index is 0.378. The number of imidazole rings is 1. The lowest BCUT2D eigenvalue weighted by atomic mass is 9.52. The summed E-state index contributed by atoms with van der Waals surface area (Å²) in [6.07, 6.45) is 6.65. The molecule has 4 bridgehead atoms. The molecule has 0 atom stereocenters. The topological polar surface area (TPSA) is 94.4 Å². The molecule has 2 aromatic heterocycles. The van der Waals surface area contributed by atoms with Gasteiger partial charge in [0, 0.05) is 5.92 Å². The Morgan fingerprint density at radius 2 is 1.52 bits per heavy atom. The smallest absolute Gasteiger partial charge is 0.327 e. The summed E-state index contributed by atoms with van der Waals surface area (Å²) in [5, 5.41) is 0. The molecule has 21 heavy (non-hydrogen) atoms. The van der Waals surface area contributed by atoms with Crippen LogP contribution in [0.4, 0.5) is 0 Å². The number of nitrogens with zero attached hydrogens (tertiary/aromatic N) is 1. The van der Waals surface area contributed by atoms with Crippen LogP contribution in [-0.2, 0) is 0 Å². The highest BCUT2D eigenvalue weighted by molar-refractivity contribution is 5.68. The molecule has 3 N–H and O–H groups in total. The molecule has 2 heterocycles. The van der Waals surface area contributed by atoms with Crippen LogP contribution in [0.15, 0.2) is 9.59 Å². The van der Waals surface area contributed by atoms with Gasteiger partial charge in [0.1, 0.15) is 11.3 Å². The zero-order chi connectivity index (χ0) is 14.1. The van der Waals surface area contributed by atoms with Crippen molar-refractivity contribution >= 4 is 11.2 Å². The van der Waals surface area contributed by atoms with E-state index in [1.165, 1.54) is 32.1 Å². The van der Waals surface area contributed by atoms with E-state index in [1.807, 2.05) is 0 Å². The Morgan fingerprint density at radius 3 is 2.19 bits per heavy atom. The van der Waals surface area contributed by atoms with Crippen molar-refractivity contribution in [2.75, 3.05) is 0 Å². The highest BCUT2D eigenvalue weighted by atomic mass is 16.2. The van der Waals surface area contributed by atoms with Gasteiger partial charge in [0.15, 0.2) is 5.65 Å². The first-order chi connectivity index (χ1) is 10.2. The fraction of sp³-hybridized carbons (Fsp3) is 0.667. The molecule has 0 aromatic carbocycles. The van der Waals surface area contributed by atoms with Crippen LogP contribution in [0.3, 0.4) is 0 Å². The minimum atomic E-state index is -0.490. The second-order valence-corrected chi connectivity index (χ2v) is 7.21. The normalized spacial score (nSPS) is 37.4. The summed E-state index contributed by atoms with van der Waals surface area (Å²) < 4.78 is 0. The third-order valence-electron chi connectivity index (χ3n) is 5.95. The number of hydrogen-bond donors (Lipinski definition) is 3. The lowest BCUT2D eigenvalue weighted by Gasteiger charge is -2.53. The van der Waals surface area contributed by atoms with Crippen LogP contribution in [0, 0.1) is 23.7 Å². The second kappa shape index (κ2) is 3.87. The molecular weight excluding hydrogens is 268 g/mol. The van der Waals surface area contributed by atoms with Crippen molar-refractivity contribution in [1.82, 2.24) is 19.9 Å². The minimum Gasteiger partial charge on any atom is -0.336 e. The van der Waals surface area contributed by atoms with Gasteiger partial charge in [-0.3, -0.25) is 14.8 Å². The van der Waals surface area contributed by atoms with Crippen molar-refractivity contribution in [1.29, 1.82) is 0 Å². The van der Waals surface area contributed by atoms with Gasteiger partial charge in [0.05, 0.1) is 0 Å². The van der Waals surface area contributed by atoms with Crippen LogP contribution < -0.4 is 11.2 Å². The molecule has 6 nitrogen and oxygen atoms in total. The average Bonchev–Trinajstić information content (AvgIpc) is 2.81. The summed E-state index contributed by atoms with van der Waals surface area (Å²) in [6.45, 7) is 0. The monoisotopic (exact) mass is 286 g/mol. The predicted octanol–water partition coefficient (Wildman–Crippen LogP) is 1.48. The zero-order valence-corrected chi connectivity index (χ0v) is 11.7. The van der Waals surface area contributed by atoms with Crippen molar-refractivity contribution < 1.29 is 0 Å². The van der Waals surface area contributed by atoms with E-state index >= 15 is 0 Å². The van der Waals surface area contributed by atoms with Crippen LogP contribution >= 0.6 is 0 Å². The Balaban J connectivity index is 1.63. The molecule has 0 radical (unpaired) electrons. The Hall–Kier alpha value is -1.85. The largest absolute Gasteiger partial charge is 0.336 e. The summed E-state index contributed by atoms with van der Waals surface area (Å²) in [6, 6.07) is 0. The molecule has 4 aliphatic rings. The number of aromatic nitrogens is 4. The molecule has 4 aliphatic carbocycles. The van der Waals surface area contributed by atoms with Gasteiger partial charge in [0.25, 0.3) is 5.56 Å². The third-order valence-corrected chi connectivity index (χ3v) is 5.95. The van der Waals surface area contributed by atoms with E-state index in [1.54, 1.807) is 0 Å². The van der Waals surface area contributed by atoms with Gasteiger partial charge < -0.3 is 4.98 Å². The lowest BCUT2D eigenvalue weighted by molar-refractivity contribution is -0.00529. The van der Waals surface area contributed by atoms with Crippen LogP contribution in [-0.4, -0.2) is 19.9 Å². The molecular formula is C15H18N4O2. The van der Waals surface area contributed by atoms with Crippen molar-refractivity contribution in [3.8, 4) is 0 Å². The number of aromatic amines is 3. The summed E-state index contributed by atoms with van der Waals surface area (Å²) in [7, 11) is 0. The molecule has 0 spiro atoms. The molecule has 6 rings (SSSR count). The Labute approximate surface area is 120 Å². The lowest BCUT2D eigenvalue weighted by Crippen LogP contribution is -2.44. The molecule has 0 saturated heterocycles. The number of nitrogens with one attached hydrogen (secondary N) is 3. The van der Waals surface area contributed by atoms with Crippen LogP contribution in [0.25, 0.3) is 11.2 Å². The maximum Gasteiger partial charge on any atom is 0.327 e. The fourth-order valence-corrected chi connectivity index (χ4v) is 5.48. The van der Waals surface area contributed by atoms with Gasteiger partial charge in [-0.15, -0.1) is 0 Å². The van der Waals surface area contributed by atoms with E-state index in [0.29, 0.717) is 28.9 Å². The van der Waals surface area contributed by atoms with Crippen molar-refractivity contribution in [3.63, 3.8) is 0 Å². The molecule has 0 aliphatic heterocycles. The number of rotatable bonds is 1. The number of fused-ring (bicyclic) bond motifs is 1.